The number of ether oxygens (including phenoxy) is 1. The van der Waals surface area contributed by atoms with Gasteiger partial charge in [0.25, 0.3) is 0 Å². The molecule has 3 atom stereocenters. The maximum atomic E-state index is 5.76. The van der Waals surface area contributed by atoms with Gasteiger partial charge < -0.3 is 10.1 Å². The predicted molar refractivity (Wildman–Crippen MR) is 67.5 cm³/mol. The molecule has 2 nitrogen and oxygen atoms in total. The van der Waals surface area contributed by atoms with Crippen LogP contribution in [0.15, 0.2) is 12.2 Å². The Morgan fingerprint density at radius 2 is 1.94 bits per heavy atom. The molecule has 92 valence electrons. The van der Waals surface area contributed by atoms with Crippen molar-refractivity contribution in [1.82, 2.24) is 5.32 Å². The molecule has 0 bridgehead atoms. The molecule has 0 aromatic carbocycles. The molecule has 1 aliphatic carbocycles. The van der Waals surface area contributed by atoms with E-state index in [2.05, 4.69) is 31.3 Å². The number of hydrogen-bond donors (Lipinski definition) is 1. The van der Waals surface area contributed by atoms with Crippen molar-refractivity contribution < 1.29 is 4.74 Å². The first-order valence-electron chi connectivity index (χ1n) is 6.78. The van der Waals surface area contributed by atoms with Crippen LogP contribution in [0.25, 0.3) is 0 Å². The van der Waals surface area contributed by atoms with E-state index < -0.39 is 0 Å². The molecular weight excluding hydrogens is 198 g/mol. The number of nitrogens with one attached hydrogen (secondary N) is 1. The van der Waals surface area contributed by atoms with Crippen molar-refractivity contribution in [3.8, 4) is 0 Å². The van der Waals surface area contributed by atoms with Gasteiger partial charge in [-0.3, -0.25) is 0 Å². The Kier molecular flexibility index (Phi) is 4.42. The first kappa shape index (κ1) is 12.1. The molecule has 1 aliphatic heterocycles. The third-order valence-corrected chi connectivity index (χ3v) is 3.77. The minimum atomic E-state index is 0.424. The highest BCUT2D eigenvalue weighted by molar-refractivity contribution is 4.91. The first-order chi connectivity index (χ1) is 7.74. The quantitative estimate of drug-likeness (QED) is 0.743. The minimum Gasteiger partial charge on any atom is -0.375 e. The second kappa shape index (κ2) is 5.83. The van der Waals surface area contributed by atoms with Gasteiger partial charge in [-0.05, 0) is 58.4 Å². The van der Waals surface area contributed by atoms with Crippen LogP contribution in [0.4, 0.5) is 0 Å². The molecule has 1 fully saturated rings. The summed E-state index contributed by atoms with van der Waals surface area (Å²) in [7, 11) is 0. The molecule has 16 heavy (non-hydrogen) atoms. The van der Waals surface area contributed by atoms with Crippen LogP contribution in [-0.2, 0) is 4.74 Å². The lowest BCUT2D eigenvalue weighted by Gasteiger charge is -2.33. The lowest BCUT2D eigenvalue weighted by Crippen LogP contribution is -2.43. The zero-order valence-corrected chi connectivity index (χ0v) is 10.6. The van der Waals surface area contributed by atoms with Crippen molar-refractivity contribution in [2.24, 2.45) is 5.92 Å². The summed E-state index contributed by atoms with van der Waals surface area (Å²) >= 11 is 0. The molecule has 1 N–H and O–H groups in total. The average Bonchev–Trinajstić information content (AvgIpc) is 2.27. The van der Waals surface area contributed by atoms with E-state index in [0.717, 1.165) is 5.92 Å². The Bertz CT molecular complexity index is 229. The summed E-state index contributed by atoms with van der Waals surface area (Å²) in [6.07, 6.45) is 11.7. The highest BCUT2D eigenvalue weighted by Gasteiger charge is 2.24. The topological polar surface area (TPSA) is 21.3 Å². The van der Waals surface area contributed by atoms with E-state index >= 15 is 0 Å². The first-order valence-corrected chi connectivity index (χ1v) is 6.78. The molecule has 0 saturated carbocycles. The molecule has 0 aromatic heterocycles. The summed E-state index contributed by atoms with van der Waals surface area (Å²) in [5.74, 6) is 0.860. The van der Waals surface area contributed by atoms with E-state index in [-0.39, 0.29) is 0 Å². The molecule has 0 radical (unpaired) electrons. The van der Waals surface area contributed by atoms with Crippen LogP contribution >= 0.6 is 0 Å². The van der Waals surface area contributed by atoms with Gasteiger partial charge >= 0.3 is 0 Å². The summed E-state index contributed by atoms with van der Waals surface area (Å²) in [5.41, 5.74) is 0. The maximum absolute atomic E-state index is 5.76. The second-order valence-corrected chi connectivity index (χ2v) is 5.48. The van der Waals surface area contributed by atoms with E-state index in [1.807, 2.05) is 0 Å². The highest BCUT2D eigenvalue weighted by atomic mass is 16.5. The normalized spacial score (nSPS) is 39.9. The summed E-state index contributed by atoms with van der Waals surface area (Å²) in [6.45, 7) is 5.57. The Morgan fingerprint density at radius 3 is 2.56 bits per heavy atom. The van der Waals surface area contributed by atoms with Crippen LogP contribution in [-0.4, -0.2) is 24.8 Å². The SMILES string of the molecule is CC1CC(NCC2CC=CCC2)CC(C)O1. The van der Waals surface area contributed by atoms with E-state index in [0.29, 0.717) is 18.2 Å². The number of allylic oxidation sites excluding steroid dienone is 2. The van der Waals surface area contributed by atoms with E-state index in [9.17, 15) is 0 Å². The van der Waals surface area contributed by atoms with Gasteiger partial charge in [0, 0.05) is 6.04 Å². The fourth-order valence-electron chi connectivity index (χ4n) is 2.95. The van der Waals surface area contributed by atoms with Crippen molar-refractivity contribution >= 4 is 0 Å². The average molecular weight is 223 g/mol. The van der Waals surface area contributed by atoms with Crippen molar-refractivity contribution in [3.05, 3.63) is 12.2 Å². The lowest BCUT2D eigenvalue weighted by atomic mass is 9.93. The van der Waals surface area contributed by atoms with Crippen molar-refractivity contribution in [2.45, 2.75) is 64.2 Å². The van der Waals surface area contributed by atoms with Gasteiger partial charge in [0.1, 0.15) is 0 Å². The molecule has 1 saturated heterocycles. The molecule has 1 heterocycles. The van der Waals surface area contributed by atoms with Crippen LogP contribution in [0.3, 0.4) is 0 Å². The van der Waals surface area contributed by atoms with Gasteiger partial charge in [-0.2, -0.15) is 0 Å². The molecule has 2 aliphatic rings. The lowest BCUT2D eigenvalue weighted by molar-refractivity contribution is -0.0424. The third-order valence-electron chi connectivity index (χ3n) is 3.77. The molecule has 0 amide bonds. The smallest absolute Gasteiger partial charge is 0.0565 e. The van der Waals surface area contributed by atoms with Gasteiger partial charge in [-0.1, -0.05) is 12.2 Å². The van der Waals surface area contributed by atoms with Crippen LogP contribution in [0.1, 0.15) is 46.0 Å². The zero-order chi connectivity index (χ0) is 11.4. The molecule has 3 unspecified atom stereocenters. The van der Waals surface area contributed by atoms with Crippen molar-refractivity contribution in [1.29, 1.82) is 0 Å². The predicted octanol–water partition coefficient (Wildman–Crippen LogP) is 2.89. The Morgan fingerprint density at radius 1 is 1.19 bits per heavy atom. The van der Waals surface area contributed by atoms with Crippen LogP contribution < -0.4 is 5.32 Å². The van der Waals surface area contributed by atoms with Crippen LogP contribution in [0, 0.1) is 5.92 Å². The van der Waals surface area contributed by atoms with Crippen molar-refractivity contribution in [3.63, 3.8) is 0 Å². The molecule has 2 rings (SSSR count). The van der Waals surface area contributed by atoms with E-state index in [1.54, 1.807) is 0 Å². The third kappa shape index (κ3) is 3.60. The fraction of sp³-hybridized carbons (Fsp3) is 0.857. The second-order valence-electron chi connectivity index (χ2n) is 5.48. The number of hydrogen-bond acceptors (Lipinski definition) is 2. The Hall–Kier alpha value is -0.340. The van der Waals surface area contributed by atoms with Gasteiger partial charge in [0.2, 0.25) is 0 Å². The monoisotopic (exact) mass is 223 g/mol. The number of rotatable bonds is 3. The van der Waals surface area contributed by atoms with E-state index in [4.69, 9.17) is 4.74 Å². The highest BCUT2D eigenvalue weighted by Crippen LogP contribution is 2.21. The largest absolute Gasteiger partial charge is 0.375 e. The Labute approximate surface area is 99.4 Å². The summed E-state index contributed by atoms with van der Waals surface area (Å²) in [5, 5.41) is 3.74. The molecular formula is C14H25NO. The van der Waals surface area contributed by atoms with Crippen LogP contribution in [0.2, 0.25) is 0 Å². The van der Waals surface area contributed by atoms with Gasteiger partial charge in [-0.15, -0.1) is 0 Å². The summed E-state index contributed by atoms with van der Waals surface area (Å²) in [4.78, 5) is 0. The van der Waals surface area contributed by atoms with Crippen LogP contribution in [0.5, 0.6) is 0 Å². The minimum absolute atomic E-state index is 0.424. The standard InChI is InChI=1S/C14H25NO/c1-11-8-14(9-12(2)16-11)15-10-13-6-4-3-5-7-13/h3-4,11-15H,5-10H2,1-2H3. The van der Waals surface area contributed by atoms with Gasteiger partial charge in [0.15, 0.2) is 0 Å². The summed E-state index contributed by atoms with van der Waals surface area (Å²) in [6, 6.07) is 0.671. The van der Waals surface area contributed by atoms with Crippen molar-refractivity contribution in [2.75, 3.05) is 6.54 Å². The maximum Gasteiger partial charge on any atom is 0.0565 e. The van der Waals surface area contributed by atoms with Gasteiger partial charge in [0.05, 0.1) is 12.2 Å². The fourth-order valence-corrected chi connectivity index (χ4v) is 2.95. The summed E-state index contributed by atoms with van der Waals surface area (Å²) < 4.78 is 5.76. The van der Waals surface area contributed by atoms with E-state index in [1.165, 1.54) is 38.6 Å². The Balaban J connectivity index is 1.70. The molecule has 2 heteroatoms. The molecule has 0 aromatic rings. The van der Waals surface area contributed by atoms with Gasteiger partial charge in [-0.25, -0.2) is 0 Å². The molecule has 0 spiro atoms. The zero-order valence-electron chi connectivity index (χ0n) is 10.6.